The number of nitrogens with zero attached hydrogens (tertiary/aromatic N) is 1. The van der Waals surface area contributed by atoms with Crippen molar-refractivity contribution in [2.75, 3.05) is 19.6 Å². The molecule has 4 nitrogen and oxygen atoms in total. The molecule has 0 N–H and O–H groups in total. The zero-order valence-corrected chi connectivity index (χ0v) is 27.8. The summed E-state index contributed by atoms with van der Waals surface area (Å²) in [6, 6.07) is 32.7. The molecular weight excluding hydrogens is 529 g/mol. The van der Waals surface area contributed by atoms with E-state index < -0.39 is 7.32 Å². The van der Waals surface area contributed by atoms with Crippen molar-refractivity contribution in [3.63, 3.8) is 0 Å². The highest BCUT2D eigenvalue weighted by molar-refractivity contribution is 6.38. The normalized spacial score (nSPS) is 12.5. The van der Waals surface area contributed by atoms with E-state index in [1.807, 2.05) is 91.0 Å². The van der Waals surface area contributed by atoms with Gasteiger partial charge in [-0.15, -0.1) is 0 Å². The molecule has 5 heteroatoms. The molecule has 3 aromatic carbocycles. The van der Waals surface area contributed by atoms with Crippen LogP contribution in [0.2, 0.25) is 0 Å². The van der Waals surface area contributed by atoms with Gasteiger partial charge in [-0.25, -0.2) is 0 Å². The molecule has 236 valence electrons. The molecule has 2 unspecified atom stereocenters. The summed E-state index contributed by atoms with van der Waals surface area (Å²) in [5.74, 6) is 1.52. The molecule has 0 aliphatic heterocycles. The van der Waals surface area contributed by atoms with Crippen LogP contribution in [0.5, 0.6) is 11.5 Å². The van der Waals surface area contributed by atoms with E-state index in [-0.39, 0.29) is 6.10 Å². The smallest absolute Gasteiger partial charge is 0.501 e. The average molecular weight is 588 g/mol. The van der Waals surface area contributed by atoms with Gasteiger partial charge in [0.05, 0.1) is 25.7 Å². The lowest BCUT2D eigenvalue weighted by molar-refractivity contribution is -0.955. The second-order valence-electron chi connectivity index (χ2n) is 11.5. The van der Waals surface area contributed by atoms with Crippen molar-refractivity contribution in [1.82, 2.24) is 0 Å². The third-order valence-corrected chi connectivity index (χ3v) is 8.01. The predicted octanol–water partition coefficient (Wildman–Crippen LogP) is 10.2. The van der Waals surface area contributed by atoms with Gasteiger partial charge in [0.2, 0.25) is 0 Å². The molecule has 0 saturated heterocycles. The Morgan fingerprint density at radius 1 is 0.581 bits per heavy atom. The molecule has 0 spiro atoms. The van der Waals surface area contributed by atoms with E-state index in [1.165, 1.54) is 58.2 Å². The van der Waals surface area contributed by atoms with Crippen LogP contribution < -0.4 is 9.31 Å². The summed E-state index contributed by atoms with van der Waals surface area (Å²) in [5.41, 5.74) is 0. The molecule has 3 aromatic rings. The first-order chi connectivity index (χ1) is 21.1. The Labute approximate surface area is 264 Å². The first-order valence-electron chi connectivity index (χ1n) is 17.0. The molecule has 0 radical (unpaired) electrons. The minimum Gasteiger partial charge on any atom is -0.501 e. The third kappa shape index (κ3) is 14.1. The van der Waals surface area contributed by atoms with Gasteiger partial charge in [0.1, 0.15) is 17.5 Å². The van der Waals surface area contributed by atoms with Gasteiger partial charge in [0.15, 0.2) is 0 Å². The summed E-state index contributed by atoms with van der Waals surface area (Å²) in [6.45, 7) is 15.2. The maximum Gasteiger partial charge on any atom is 0.788 e. The van der Waals surface area contributed by atoms with Gasteiger partial charge in [0, 0.05) is 6.42 Å². The van der Waals surface area contributed by atoms with Gasteiger partial charge in [0.25, 0.3) is 0 Å². The number of unbranched alkanes of at least 4 members (excludes halogenated alkanes) is 3. The van der Waals surface area contributed by atoms with E-state index in [9.17, 15) is 0 Å². The number of quaternary nitrogens is 1. The quantitative estimate of drug-likeness (QED) is 0.0705. The fourth-order valence-corrected chi connectivity index (χ4v) is 5.78. The standard InChI is InChI=1S/C32H53BNO3.C6H5/c1-6-11-26-34(27-12-7-2,28-13-8-3)31(20-9-4)32(21-10-5)37-33(35-29-22-16-14-17-23-29)36-30-24-18-15-19-25-30;1-2-4-6-5-3-1/h14-19,22-25,31-32H,6-13,20-21,26-28H2,1-5H3;1-5H/q+1;-1. The first-order valence-corrected chi connectivity index (χ1v) is 17.0. The zero-order chi connectivity index (χ0) is 31.0. The molecule has 0 aromatic heterocycles. The summed E-state index contributed by atoms with van der Waals surface area (Å²) in [6.07, 6.45) is 11.9. The van der Waals surface area contributed by atoms with Gasteiger partial charge in [-0.05, 0) is 49.9 Å². The molecule has 0 aliphatic rings. The Bertz CT molecular complexity index is 931. The van der Waals surface area contributed by atoms with Crippen LogP contribution in [0.4, 0.5) is 0 Å². The summed E-state index contributed by atoms with van der Waals surface area (Å²) >= 11 is 0. The van der Waals surface area contributed by atoms with E-state index in [0.29, 0.717) is 6.04 Å². The van der Waals surface area contributed by atoms with Crippen LogP contribution in [0.15, 0.2) is 91.0 Å². The fraction of sp³-hybridized carbons (Fsp3) is 0.526. The summed E-state index contributed by atoms with van der Waals surface area (Å²) in [7, 11) is -0.800. The van der Waals surface area contributed by atoms with Crippen LogP contribution >= 0.6 is 0 Å². The molecule has 43 heavy (non-hydrogen) atoms. The second-order valence-corrected chi connectivity index (χ2v) is 11.5. The largest absolute Gasteiger partial charge is 0.788 e. The minimum absolute atomic E-state index is 0.0629. The fourth-order valence-electron chi connectivity index (χ4n) is 5.78. The van der Waals surface area contributed by atoms with Crippen molar-refractivity contribution in [2.45, 2.75) is 111 Å². The zero-order valence-electron chi connectivity index (χ0n) is 27.8. The highest BCUT2D eigenvalue weighted by atomic mass is 16.7. The van der Waals surface area contributed by atoms with Gasteiger partial charge in [-0.1, -0.05) is 103 Å². The van der Waals surface area contributed by atoms with E-state index in [4.69, 9.17) is 14.0 Å². The molecule has 0 heterocycles. The second kappa shape index (κ2) is 22.7. The lowest BCUT2D eigenvalue weighted by atomic mass is 9.93. The van der Waals surface area contributed by atoms with Gasteiger partial charge in [-0.3, -0.25) is 0 Å². The topological polar surface area (TPSA) is 27.7 Å². The maximum absolute atomic E-state index is 6.90. The summed E-state index contributed by atoms with van der Waals surface area (Å²) < 4.78 is 20.7. The molecule has 2 atom stereocenters. The molecule has 0 bridgehead atoms. The Hall–Kier alpha value is -2.76. The third-order valence-electron chi connectivity index (χ3n) is 8.01. The van der Waals surface area contributed by atoms with Crippen LogP contribution in [0.1, 0.15) is 98.8 Å². The maximum atomic E-state index is 6.90. The van der Waals surface area contributed by atoms with Gasteiger partial charge in [-0.2, -0.15) is 36.4 Å². The number of para-hydroxylation sites is 2. The van der Waals surface area contributed by atoms with Gasteiger partial charge >= 0.3 is 7.32 Å². The van der Waals surface area contributed by atoms with E-state index in [2.05, 4.69) is 40.7 Å². The van der Waals surface area contributed by atoms with Crippen molar-refractivity contribution in [3.05, 3.63) is 97.1 Å². The Morgan fingerprint density at radius 3 is 1.37 bits per heavy atom. The van der Waals surface area contributed by atoms with Crippen LogP contribution in [0.25, 0.3) is 0 Å². The lowest BCUT2D eigenvalue weighted by Crippen LogP contribution is -2.62. The van der Waals surface area contributed by atoms with Crippen LogP contribution in [-0.2, 0) is 4.65 Å². The van der Waals surface area contributed by atoms with E-state index in [1.54, 1.807) is 0 Å². The highest BCUT2D eigenvalue weighted by Gasteiger charge is 2.44. The monoisotopic (exact) mass is 587 g/mol. The Kier molecular flexibility index (Phi) is 19.3. The highest BCUT2D eigenvalue weighted by Crippen LogP contribution is 2.30. The molecule has 0 saturated carbocycles. The van der Waals surface area contributed by atoms with Crippen LogP contribution in [0, 0.1) is 6.07 Å². The number of benzene rings is 3. The van der Waals surface area contributed by atoms with Crippen molar-refractivity contribution in [3.8, 4) is 11.5 Å². The predicted molar refractivity (Wildman–Crippen MR) is 183 cm³/mol. The summed E-state index contributed by atoms with van der Waals surface area (Å²) in [5, 5.41) is 0. The van der Waals surface area contributed by atoms with Crippen LogP contribution in [-0.4, -0.2) is 43.6 Å². The van der Waals surface area contributed by atoms with Crippen molar-refractivity contribution < 1.29 is 18.4 Å². The number of hydrogen-bond donors (Lipinski definition) is 0. The van der Waals surface area contributed by atoms with E-state index >= 15 is 0 Å². The van der Waals surface area contributed by atoms with E-state index in [0.717, 1.165) is 41.7 Å². The molecule has 3 rings (SSSR count). The molecule has 0 fully saturated rings. The lowest BCUT2D eigenvalue weighted by Gasteiger charge is -2.48. The first kappa shape index (κ1) is 36.4. The molecular formula is C38H58BNO3. The summed E-state index contributed by atoms with van der Waals surface area (Å²) in [4.78, 5) is 0. The van der Waals surface area contributed by atoms with Crippen molar-refractivity contribution >= 4 is 7.32 Å². The van der Waals surface area contributed by atoms with Crippen molar-refractivity contribution in [1.29, 1.82) is 0 Å². The Balaban J connectivity index is 0.000000953. The SMILES string of the molecule is CCCC[N+](CCCC)(CCCC)C(CCC)C(CCC)OB(Oc1ccccc1)Oc1ccccc1.[c-]1ccccc1. The molecule has 0 aliphatic carbocycles. The average Bonchev–Trinajstić information content (AvgIpc) is 3.05. The van der Waals surface area contributed by atoms with Crippen molar-refractivity contribution in [2.24, 2.45) is 0 Å². The van der Waals surface area contributed by atoms with Gasteiger partial charge < -0.3 is 18.4 Å². The Morgan fingerprint density at radius 2 is 1.02 bits per heavy atom. The number of rotatable bonds is 21. The minimum atomic E-state index is -0.800. The number of hydrogen-bond acceptors (Lipinski definition) is 3. The van der Waals surface area contributed by atoms with Crippen LogP contribution in [0.3, 0.4) is 0 Å². The molecule has 0 amide bonds.